The van der Waals surface area contributed by atoms with Crippen molar-refractivity contribution < 1.29 is 0 Å². The third-order valence-electron chi connectivity index (χ3n) is 13.0. The maximum atomic E-state index is 10.9. The number of nitriles is 1. The van der Waals surface area contributed by atoms with Gasteiger partial charge in [0.05, 0.1) is 11.6 Å². The van der Waals surface area contributed by atoms with Crippen LogP contribution in [0.1, 0.15) is 5.56 Å². The van der Waals surface area contributed by atoms with Crippen LogP contribution in [0, 0.1) is 11.3 Å². The van der Waals surface area contributed by atoms with Crippen molar-refractivity contribution in [2.24, 2.45) is 0 Å². The Morgan fingerprint density at radius 1 is 0.386 bits per heavy atom. The largest absolute Gasteiger partial charge is 0.244 e. The predicted octanol–water partition coefficient (Wildman–Crippen LogP) is 13.8. The van der Waals surface area contributed by atoms with Gasteiger partial charge in [-0.15, -0.1) is 45.3 Å². The van der Waals surface area contributed by atoms with E-state index in [-0.39, 0.29) is 6.71 Å². The Labute approximate surface area is 340 Å². The van der Waals surface area contributed by atoms with E-state index in [1.54, 1.807) is 0 Å². The van der Waals surface area contributed by atoms with E-state index >= 15 is 0 Å². The zero-order valence-electron chi connectivity index (χ0n) is 29.9. The van der Waals surface area contributed by atoms with Crippen LogP contribution in [0.2, 0.25) is 0 Å². The molecule has 0 amide bonds. The first-order chi connectivity index (χ1) is 28.2. The molecule has 0 fully saturated rings. The first-order valence-corrected chi connectivity index (χ1v) is 22.5. The highest BCUT2D eigenvalue weighted by atomic mass is 32.1. The second kappa shape index (κ2) is 10.3. The van der Waals surface area contributed by atoms with Crippen LogP contribution in [0.5, 0.6) is 0 Å². The highest BCUT2D eigenvalue weighted by Crippen LogP contribution is 2.53. The molecule has 0 N–H and O–H groups in total. The Kier molecular flexibility index (Phi) is 5.42. The van der Waals surface area contributed by atoms with Gasteiger partial charge in [-0.05, 0) is 70.4 Å². The van der Waals surface area contributed by atoms with Gasteiger partial charge in [0.15, 0.2) is 0 Å². The van der Waals surface area contributed by atoms with Crippen molar-refractivity contribution in [3.05, 3.63) is 139 Å². The highest BCUT2D eigenvalue weighted by Gasteiger charge is 2.42. The zero-order chi connectivity index (χ0) is 36.8. The number of fused-ring (bicyclic) bond motifs is 20. The quantitative estimate of drug-likeness (QED) is 0.140. The van der Waals surface area contributed by atoms with Gasteiger partial charge in [0.25, 0.3) is 0 Å². The number of thiophene rings is 4. The van der Waals surface area contributed by atoms with Crippen LogP contribution >= 0.6 is 45.3 Å². The van der Waals surface area contributed by atoms with Crippen molar-refractivity contribution in [1.82, 2.24) is 0 Å². The smallest absolute Gasteiger partial charge is 0.192 e. The molecule has 2 aliphatic rings. The van der Waals surface area contributed by atoms with Gasteiger partial charge >= 0.3 is 0 Å². The molecule has 57 heavy (non-hydrogen) atoms. The Morgan fingerprint density at radius 2 is 0.754 bits per heavy atom. The van der Waals surface area contributed by atoms with E-state index < -0.39 is 0 Å². The fourth-order valence-electron chi connectivity index (χ4n) is 10.8. The molecule has 0 radical (unpaired) electrons. The molecule has 4 aromatic heterocycles. The summed E-state index contributed by atoms with van der Waals surface area (Å²) in [6.07, 6.45) is 0. The van der Waals surface area contributed by atoms with Crippen LogP contribution in [0.3, 0.4) is 0 Å². The molecule has 9 aromatic carbocycles. The lowest BCUT2D eigenvalue weighted by Crippen LogP contribution is -2.57. The summed E-state index contributed by atoms with van der Waals surface area (Å²) in [4.78, 5) is 0. The maximum absolute atomic E-state index is 10.9. The normalized spacial score (nSPS) is 13.2. The lowest BCUT2D eigenvalue weighted by atomic mass is 9.31. The molecule has 13 aromatic rings. The number of hydrogen-bond donors (Lipinski definition) is 0. The highest BCUT2D eigenvalue weighted by molar-refractivity contribution is 7.29. The zero-order valence-corrected chi connectivity index (χ0v) is 33.1. The minimum absolute atomic E-state index is 0.00229. The average molecular weight is 788 g/mol. The monoisotopic (exact) mass is 787 g/mol. The second-order valence-corrected chi connectivity index (χ2v) is 19.9. The molecule has 0 atom stereocenters. The molecule has 258 valence electrons. The van der Waals surface area contributed by atoms with Crippen LogP contribution in [0.4, 0.5) is 0 Å². The number of benzene rings is 9. The van der Waals surface area contributed by atoms with E-state index in [0.717, 1.165) is 5.56 Å². The Bertz CT molecular complexity index is 3870. The van der Waals surface area contributed by atoms with Gasteiger partial charge in [-0.1, -0.05) is 101 Å². The number of nitrogens with zero attached hydrogens (tertiary/aromatic N) is 1. The SMILES string of the molecule is N#Cc1cc2c3c(c1)-c1c4sc5ccccc5c4cc4c1c(cc1c5ccccc5sc41)B3c1cc3c4ccccc4sc3c3cc4c(sc5ccccc54)c-2c13. The molecule has 6 heteroatoms. The van der Waals surface area contributed by atoms with Crippen molar-refractivity contribution in [2.45, 2.75) is 0 Å². The first-order valence-electron chi connectivity index (χ1n) is 19.2. The van der Waals surface area contributed by atoms with E-state index in [2.05, 4.69) is 140 Å². The van der Waals surface area contributed by atoms with E-state index in [9.17, 15) is 5.26 Å². The Balaban J connectivity index is 1.25. The van der Waals surface area contributed by atoms with Crippen molar-refractivity contribution in [1.29, 1.82) is 5.26 Å². The summed E-state index contributed by atoms with van der Waals surface area (Å²) >= 11 is 7.65. The van der Waals surface area contributed by atoms with Crippen molar-refractivity contribution in [3.8, 4) is 28.3 Å². The number of hydrogen-bond acceptors (Lipinski definition) is 5. The van der Waals surface area contributed by atoms with E-state index in [0.29, 0.717) is 0 Å². The minimum atomic E-state index is -0.00229. The fourth-order valence-corrected chi connectivity index (χ4v) is 15.7. The molecule has 0 spiro atoms. The summed E-state index contributed by atoms with van der Waals surface area (Å²) in [6, 6.07) is 53.0. The van der Waals surface area contributed by atoms with E-state index in [4.69, 9.17) is 0 Å². The van der Waals surface area contributed by atoms with Crippen LogP contribution in [-0.2, 0) is 0 Å². The molecule has 0 saturated carbocycles. The van der Waals surface area contributed by atoms with Gasteiger partial charge in [-0.25, -0.2) is 0 Å². The Hall–Kier alpha value is -6.07. The molecule has 0 saturated heterocycles. The van der Waals surface area contributed by atoms with Gasteiger partial charge in [-0.2, -0.15) is 5.26 Å². The maximum Gasteiger partial charge on any atom is 0.244 e. The third-order valence-corrected chi connectivity index (χ3v) is 17.9. The molecule has 0 unspecified atom stereocenters. The summed E-state index contributed by atoms with van der Waals surface area (Å²) in [5, 5.41) is 26.8. The summed E-state index contributed by atoms with van der Waals surface area (Å²) in [5.41, 5.74) is 9.88. The first kappa shape index (κ1) is 30.1. The van der Waals surface area contributed by atoms with Gasteiger partial charge in [0.2, 0.25) is 6.71 Å². The van der Waals surface area contributed by atoms with E-state index in [1.165, 1.54) is 141 Å². The summed E-state index contributed by atoms with van der Waals surface area (Å²) in [6.45, 7) is -0.00229. The van der Waals surface area contributed by atoms with Crippen molar-refractivity contribution in [2.75, 3.05) is 0 Å². The molecule has 6 heterocycles. The Morgan fingerprint density at radius 3 is 1.16 bits per heavy atom. The molecule has 0 aliphatic carbocycles. The lowest BCUT2D eigenvalue weighted by molar-refractivity contribution is 1.49. The molecule has 0 bridgehead atoms. The minimum Gasteiger partial charge on any atom is -0.192 e. The van der Waals surface area contributed by atoms with Gasteiger partial charge in [0, 0.05) is 103 Å². The molecule has 2 aliphatic heterocycles. The van der Waals surface area contributed by atoms with Crippen LogP contribution in [0.15, 0.2) is 133 Å². The molecular formula is C51H22BNS4. The molecule has 1 nitrogen and oxygen atoms in total. The summed E-state index contributed by atoms with van der Waals surface area (Å²) in [7, 11) is 0. The van der Waals surface area contributed by atoms with E-state index in [1.807, 2.05) is 45.3 Å². The third kappa shape index (κ3) is 3.54. The van der Waals surface area contributed by atoms with Crippen LogP contribution in [-0.4, -0.2) is 6.71 Å². The second-order valence-electron chi connectivity index (χ2n) is 15.7. The van der Waals surface area contributed by atoms with Gasteiger partial charge < -0.3 is 0 Å². The number of rotatable bonds is 0. The molecular weight excluding hydrogens is 766 g/mol. The fraction of sp³-hybridized carbons (Fsp3) is 0. The van der Waals surface area contributed by atoms with Gasteiger partial charge in [-0.3, -0.25) is 0 Å². The van der Waals surface area contributed by atoms with Crippen LogP contribution in [0.25, 0.3) is 124 Å². The summed E-state index contributed by atoms with van der Waals surface area (Å²) in [5.74, 6) is 0. The molecule has 15 rings (SSSR count). The van der Waals surface area contributed by atoms with Gasteiger partial charge in [0.1, 0.15) is 0 Å². The average Bonchev–Trinajstić information content (AvgIpc) is 4.02. The lowest BCUT2D eigenvalue weighted by Gasteiger charge is -2.35. The van der Waals surface area contributed by atoms with Crippen molar-refractivity contribution in [3.63, 3.8) is 0 Å². The standard InChI is InChI=1S/C51H22BNS4/c53-23-24-17-33-45-43-35(19-29-25-9-1-7-15-41(25)56-50(29)45)48-31(27-11-3-5-13-39(27)54-48)21-37(43)52-38-22-32-28-12-4-6-14-40(28)55-49(32)36-20-30-26-10-2-8-16-42(26)57-51(30)46(44(36)38)34(18-24)47(33)52/h1-22H. The summed E-state index contributed by atoms with van der Waals surface area (Å²) < 4.78 is 10.6. The topological polar surface area (TPSA) is 23.8 Å². The predicted molar refractivity (Wildman–Crippen MR) is 253 cm³/mol. The van der Waals surface area contributed by atoms with Crippen LogP contribution < -0.4 is 16.4 Å². The van der Waals surface area contributed by atoms with Crippen molar-refractivity contribution >= 4 is 171 Å².